The molecule has 0 radical (unpaired) electrons. The van der Waals surface area contributed by atoms with E-state index >= 15 is 0 Å². The number of benzene rings is 6. The van der Waals surface area contributed by atoms with E-state index in [0.717, 1.165) is 17.1 Å². The normalized spacial score (nSPS) is 15.8. The van der Waals surface area contributed by atoms with Crippen molar-refractivity contribution in [2.24, 2.45) is 0 Å². The Balaban J connectivity index is 0.910. The highest BCUT2D eigenvalue weighted by molar-refractivity contribution is 5.81. The Morgan fingerprint density at radius 1 is 0.219 bits per heavy atom. The van der Waals surface area contributed by atoms with Gasteiger partial charge in [-0.05, 0) is 164 Å². The summed E-state index contributed by atoms with van der Waals surface area (Å²) in [6.07, 6.45) is 40.1. The van der Waals surface area contributed by atoms with Gasteiger partial charge in [0.1, 0.15) is 0 Å². The minimum absolute atomic E-state index is 1.12. The van der Waals surface area contributed by atoms with Crippen LogP contribution in [0.4, 0.5) is 17.1 Å². The zero-order valence-corrected chi connectivity index (χ0v) is 37.6. The lowest BCUT2D eigenvalue weighted by Gasteiger charge is -2.26. The summed E-state index contributed by atoms with van der Waals surface area (Å²) in [7, 11) is 0. The fraction of sp³-hybridized carbons (Fsp3) is 0.238. The van der Waals surface area contributed by atoms with E-state index in [4.69, 9.17) is 0 Å². The van der Waals surface area contributed by atoms with Crippen molar-refractivity contribution in [2.45, 2.75) is 96.3 Å². The predicted molar refractivity (Wildman–Crippen MR) is 280 cm³/mol. The third-order valence-corrected chi connectivity index (χ3v) is 13.3. The van der Waals surface area contributed by atoms with Crippen molar-refractivity contribution in [1.82, 2.24) is 0 Å². The maximum atomic E-state index is 2.40. The van der Waals surface area contributed by atoms with Gasteiger partial charge in [-0.1, -0.05) is 200 Å². The Labute approximate surface area is 383 Å². The van der Waals surface area contributed by atoms with E-state index in [0.29, 0.717) is 0 Å². The molecule has 0 spiro atoms. The quantitative estimate of drug-likeness (QED) is 0.111. The lowest BCUT2D eigenvalue weighted by Crippen LogP contribution is -2.09. The van der Waals surface area contributed by atoms with E-state index in [1.807, 2.05) is 0 Å². The highest BCUT2D eigenvalue weighted by atomic mass is 15.1. The molecule has 3 fully saturated rings. The maximum absolute atomic E-state index is 2.40. The largest absolute Gasteiger partial charge is 0.311 e. The first kappa shape index (κ1) is 42.8. The van der Waals surface area contributed by atoms with E-state index in [-0.39, 0.29) is 0 Å². The van der Waals surface area contributed by atoms with E-state index in [2.05, 4.69) is 205 Å². The fourth-order valence-electron chi connectivity index (χ4n) is 9.50. The lowest BCUT2D eigenvalue weighted by atomic mass is 9.93. The Morgan fingerprint density at radius 3 is 0.625 bits per heavy atom. The molecule has 3 saturated carbocycles. The van der Waals surface area contributed by atoms with Gasteiger partial charge in [0.25, 0.3) is 0 Å². The second-order valence-electron chi connectivity index (χ2n) is 18.2. The molecule has 1 nitrogen and oxygen atoms in total. The lowest BCUT2D eigenvalue weighted by molar-refractivity contribution is 0.602. The minimum Gasteiger partial charge on any atom is -0.311 e. The third-order valence-electron chi connectivity index (χ3n) is 13.3. The van der Waals surface area contributed by atoms with Crippen molar-refractivity contribution in [3.05, 3.63) is 212 Å². The minimum atomic E-state index is 1.12. The first-order valence-corrected chi connectivity index (χ1v) is 24.2. The van der Waals surface area contributed by atoms with Crippen molar-refractivity contribution in [2.75, 3.05) is 4.90 Å². The second kappa shape index (κ2) is 21.8. The van der Waals surface area contributed by atoms with Crippen LogP contribution in [0.5, 0.6) is 0 Å². The van der Waals surface area contributed by atoms with Crippen molar-refractivity contribution >= 4 is 71.7 Å². The molecule has 0 unspecified atom stereocenters. The summed E-state index contributed by atoms with van der Waals surface area (Å²) in [4.78, 5) is 2.35. The molecule has 3 aliphatic carbocycles. The van der Waals surface area contributed by atoms with Crippen LogP contribution in [-0.4, -0.2) is 0 Å². The number of allylic oxidation sites excluding steroid dienone is 3. The van der Waals surface area contributed by atoms with E-state index < -0.39 is 0 Å². The van der Waals surface area contributed by atoms with Crippen molar-refractivity contribution in [3.8, 4) is 0 Å². The number of rotatable bonds is 12. The highest BCUT2D eigenvalue weighted by Gasteiger charge is 2.13. The number of anilines is 3. The Morgan fingerprint density at radius 2 is 0.406 bits per heavy atom. The van der Waals surface area contributed by atoms with Crippen molar-refractivity contribution in [3.63, 3.8) is 0 Å². The molecule has 3 aliphatic rings. The molecule has 1 heteroatoms. The summed E-state index contributed by atoms with van der Waals surface area (Å²) >= 11 is 0. The van der Waals surface area contributed by atoms with Crippen LogP contribution < -0.4 is 4.90 Å². The van der Waals surface area contributed by atoms with E-state index in [9.17, 15) is 0 Å². The average molecular weight is 834 g/mol. The Bertz CT molecular complexity index is 2290. The molecule has 6 aromatic carbocycles. The van der Waals surface area contributed by atoms with Gasteiger partial charge in [-0.15, -0.1) is 0 Å². The maximum Gasteiger partial charge on any atom is 0.0462 e. The molecule has 9 rings (SSSR count). The molecule has 6 aromatic rings. The summed E-state index contributed by atoms with van der Waals surface area (Å²) in [5, 5.41) is 0. The molecule has 0 amide bonds. The Kier molecular flexibility index (Phi) is 14.6. The summed E-state index contributed by atoms with van der Waals surface area (Å²) in [5.41, 5.74) is 19.3. The summed E-state index contributed by atoms with van der Waals surface area (Å²) in [6.45, 7) is 0. The molecule has 64 heavy (non-hydrogen) atoms. The molecule has 0 aromatic heterocycles. The molecule has 320 valence electrons. The second-order valence-corrected chi connectivity index (χ2v) is 18.2. The Hall–Kier alpha value is -6.44. The van der Waals surface area contributed by atoms with Crippen LogP contribution in [-0.2, 0) is 0 Å². The van der Waals surface area contributed by atoms with Crippen LogP contribution in [0.15, 0.2) is 162 Å². The zero-order chi connectivity index (χ0) is 43.2. The van der Waals surface area contributed by atoms with Gasteiger partial charge in [0, 0.05) is 17.1 Å². The first-order valence-electron chi connectivity index (χ1n) is 24.2. The highest BCUT2D eigenvalue weighted by Crippen LogP contribution is 2.36. The smallest absolute Gasteiger partial charge is 0.0462 e. The number of nitrogens with zero attached hydrogens (tertiary/aromatic N) is 1. The van der Waals surface area contributed by atoms with Crippen LogP contribution in [0.25, 0.3) is 54.7 Å². The van der Waals surface area contributed by atoms with Crippen LogP contribution >= 0.6 is 0 Å². The van der Waals surface area contributed by atoms with Crippen LogP contribution in [0, 0.1) is 0 Å². The molecule has 0 atom stereocenters. The standard InChI is InChI=1S/C63H63N/c1-4-10-55(11-5-1)46-58-28-22-49(23-29-58)16-19-52-34-40-61(41-35-52)64(62-42-36-53(37-43-62)20-17-50-24-30-59(31-25-50)47-56-12-6-2-7-13-56)63-44-38-54(39-45-63)21-18-51-26-32-60(33-27-51)48-57-14-8-3-9-15-57/h16-48H,1-15H2/b19-16+,20-17+,21-18+. The summed E-state index contributed by atoms with van der Waals surface area (Å²) in [5.74, 6) is 0. The van der Waals surface area contributed by atoms with Gasteiger partial charge >= 0.3 is 0 Å². The molecule has 0 aliphatic heterocycles. The van der Waals surface area contributed by atoms with E-state index in [1.54, 1.807) is 16.7 Å². The van der Waals surface area contributed by atoms with Gasteiger partial charge in [-0.3, -0.25) is 0 Å². The van der Waals surface area contributed by atoms with Gasteiger partial charge in [0.2, 0.25) is 0 Å². The SMILES string of the molecule is C(=C1CCCCC1)c1ccc(/C=C/c2ccc(N(c3ccc(/C=C/c4ccc(C=C5CCCCC5)cc4)cc3)c3ccc(/C=C/c4ccc(C=C5CCCCC5)cc4)cc3)cc2)cc1. The van der Waals surface area contributed by atoms with Crippen LogP contribution in [0.1, 0.15) is 146 Å². The molecule has 0 N–H and O–H groups in total. The van der Waals surface area contributed by atoms with E-state index in [1.165, 1.54) is 146 Å². The zero-order valence-electron chi connectivity index (χ0n) is 37.6. The predicted octanol–water partition coefficient (Wildman–Crippen LogP) is 18.7. The third kappa shape index (κ3) is 12.2. The number of hydrogen-bond acceptors (Lipinski definition) is 1. The van der Waals surface area contributed by atoms with Gasteiger partial charge in [0.15, 0.2) is 0 Å². The van der Waals surface area contributed by atoms with Crippen LogP contribution in [0.3, 0.4) is 0 Å². The summed E-state index contributed by atoms with van der Waals surface area (Å²) < 4.78 is 0. The molecule has 0 saturated heterocycles. The van der Waals surface area contributed by atoms with Crippen LogP contribution in [0.2, 0.25) is 0 Å². The molecule has 0 heterocycles. The number of hydrogen-bond donors (Lipinski definition) is 0. The fourth-order valence-corrected chi connectivity index (χ4v) is 9.50. The monoisotopic (exact) mass is 833 g/mol. The van der Waals surface area contributed by atoms with Gasteiger partial charge in [-0.25, -0.2) is 0 Å². The van der Waals surface area contributed by atoms with Gasteiger partial charge in [-0.2, -0.15) is 0 Å². The first-order chi connectivity index (χ1) is 31.6. The van der Waals surface area contributed by atoms with Gasteiger partial charge in [0.05, 0.1) is 0 Å². The topological polar surface area (TPSA) is 3.24 Å². The molecular weight excluding hydrogens is 771 g/mol. The van der Waals surface area contributed by atoms with Crippen molar-refractivity contribution in [1.29, 1.82) is 0 Å². The van der Waals surface area contributed by atoms with Crippen molar-refractivity contribution < 1.29 is 0 Å². The van der Waals surface area contributed by atoms with Gasteiger partial charge < -0.3 is 4.90 Å². The molecule has 0 bridgehead atoms. The average Bonchev–Trinajstić information content (AvgIpc) is 3.36. The summed E-state index contributed by atoms with van der Waals surface area (Å²) in [6, 6.07) is 53.7. The molecular formula is C63H63N.